The molecule has 1 aliphatic heterocycles. The van der Waals surface area contributed by atoms with Gasteiger partial charge in [0.2, 0.25) is 0 Å². The highest BCUT2D eigenvalue weighted by Gasteiger charge is 2.28. The number of ether oxygens (including phenoxy) is 2. The average Bonchev–Trinajstić information content (AvgIpc) is 2.88. The highest BCUT2D eigenvalue weighted by molar-refractivity contribution is 5.66. The normalized spacial score (nSPS) is 18.0. The highest BCUT2D eigenvalue weighted by atomic mass is 19.2. The summed E-state index contributed by atoms with van der Waals surface area (Å²) < 4.78 is 70.8. The lowest BCUT2D eigenvalue weighted by Crippen LogP contribution is -2.27. The monoisotopic (exact) mass is 484 g/mol. The fourth-order valence-corrected chi connectivity index (χ4v) is 4.47. The zero-order valence-corrected chi connectivity index (χ0v) is 19.6. The van der Waals surface area contributed by atoms with E-state index in [0.29, 0.717) is 25.9 Å². The van der Waals surface area contributed by atoms with Crippen molar-refractivity contribution in [2.45, 2.75) is 44.8 Å². The van der Waals surface area contributed by atoms with Crippen molar-refractivity contribution in [3.63, 3.8) is 0 Å². The van der Waals surface area contributed by atoms with Gasteiger partial charge >= 0.3 is 0 Å². The molecule has 0 amide bonds. The number of rotatable bonds is 8. The Morgan fingerprint density at radius 3 is 2.17 bits per heavy atom. The van der Waals surface area contributed by atoms with Gasteiger partial charge in [-0.1, -0.05) is 61.2 Å². The average molecular weight is 485 g/mol. The first-order valence-corrected chi connectivity index (χ1v) is 11.8. The summed E-state index contributed by atoms with van der Waals surface area (Å²) in [6, 6.07) is 13.1. The number of benzene rings is 3. The van der Waals surface area contributed by atoms with E-state index in [2.05, 4.69) is 6.58 Å². The summed E-state index contributed by atoms with van der Waals surface area (Å²) in [5.41, 5.74) is 1.68. The number of aryl methyl sites for hydroxylation is 2. The molecule has 0 radical (unpaired) electrons. The first kappa shape index (κ1) is 25.1. The van der Waals surface area contributed by atoms with Crippen molar-refractivity contribution < 1.29 is 27.0 Å². The maximum Gasteiger partial charge on any atom is 0.167 e. The Morgan fingerprint density at radius 1 is 0.857 bits per heavy atom. The number of hydrogen-bond donors (Lipinski definition) is 0. The number of hydrogen-bond acceptors (Lipinski definition) is 2. The third kappa shape index (κ3) is 5.49. The molecule has 0 aliphatic carbocycles. The van der Waals surface area contributed by atoms with Crippen LogP contribution in [0.25, 0.3) is 17.2 Å². The van der Waals surface area contributed by atoms with Crippen molar-refractivity contribution in [2.75, 3.05) is 13.2 Å². The minimum absolute atomic E-state index is 0.168. The number of halogens is 4. The van der Waals surface area contributed by atoms with Crippen molar-refractivity contribution in [2.24, 2.45) is 0 Å². The van der Waals surface area contributed by atoms with E-state index in [4.69, 9.17) is 9.47 Å². The summed E-state index contributed by atoms with van der Waals surface area (Å²) in [7, 11) is 0. The van der Waals surface area contributed by atoms with E-state index in [1.807, 2.05) is 31.2 Å². The molecule has 2 atom stereocenters. The smallest absolute Gasteiger partial charge is 0.167 e. The van der Waals surface area contributed by atoms with Gasteiger partial charge in [-0.3, -0.25) is 0 Å². The van der Waals surface area contributed by atoms with Gasteiger partial charge in [0, 0.05) is 23.7 Å². The molecule has 35 heavy (non-hydrogen) atoms. The molecule has 2 nitrogen and oxygen atoms in total. The second-order valence-electron chi connectivity index (χ2n) is 8.67. The van der Waals surface area contributed by atoms with Gasteiger partial charge in [-0.2, -0.15) is 0 Å². The molecule has 0 N–H and O–H groups in total. The van der Waals surface area contributed by atoms with Crippen LogP contribution in [-0.2, 0) is 22.3 Å². The molecule has 0 bridgehead atoms. The largest absolute Gasteiger partial charge is 0.353 e. The molecule has 0 spiro atoms. The molecule has 2 unspecified atom stereocenters. The topological polar surface area (TPSA) is 18.5 Å². The zero-order valence-electron chi connectivity index (χ0n) is 19.6. The van der Waals surface area contributed by atoms with Gasteiger partial charge in [-0.25, -0.2) is 17.6 Å². The van der Waals surface area contributed by atoms with Crippen LogP contribution in [0, 0.1) is 23.3 Å². The maximum absolute atomic E-state index is 15.0. The van der Waals surface area contributed by atoms with E-state index in [0.717, 1.165) is 11.1 Å². The molecule has 4 rings (SSSR count). The Labute approximate surface area is 203 Å². The predicted molar refractivity (Wildman–Crippen MR) is 129 cm³/mol. The fourth-order valence-electron chi connectivity index (χ4n) is 4.47. The van der Waals surface area contributed by atoms with Gasteiger partial charge in [0.1, 0.15) is 0 Å². The van der Waals surface area contributed by atoms with E-state index < -0.39 is 23.3 Å². The second-order valence-corrected chi connectivity index (χ2v) is 8.67. The van der Waals surface area contributed by atoms with E-state index in [-0.39, 0.29) is 47.5 Å². The second kappa shape index (κ2) is 11.2. The van der Waals surface area contributed by atoms with Crippen LogP contribution in [0.4, 0.5) is 17.6 Å². The Hall–Kier alpha value is -2.96. The summed E-state index contributed by atoms with van der Waals surface area (Å²) in [6.07, 6.45) is 3.32. The summed E-state index contributed by atoms with van der Waals surface area (Å²) in [6.45, 7) is 6.28. The van der Waals surface area contributed by atoms with Crippen molar-refractivity contribution in [1.29, 1.82) is 0 Å². The Bertz CT molecular complexity index is 1180. The van der Waals surface area contributed by atoms with Crippen molar-refractivity contribution in [3.05, 3.63) is 101 Å². The lowest BCUT2D eigenvalue weighted by molar-refractivity contribution is -0.164. The summed E-state index contributed by atoms with van der Waals surface area (Å²) in [5.74, 6) is -4.81. The maximum atomic E-state index is 15.0. The Kier molecular flexibility index (Phi) is 8.04. The van der Waals surface area contributed by atoms with Crippen LogP contribution < -0.4 is 0 Å². The lowest BCUT2D eigenvalue weighted by atomic mass is 9.90. The molecular formula is C29H28F4O2. The molecule has 0 saturated carbocycles. The standard InChI is InChI=1S/C29H28F4O2/c1-3-18-5-7-19(8-6-18)9-10-20-11-13-23(28(32)26(20)30)24-15-14-22(27(31)29(24)33)21-12-16-25(34-4-2)35-17-21/h3,5-8,11,13-15,21,25H,1,4,9-10,12,16-17H2,2H3. The molecule has 0 aromatic heterocycles. The van der Waals surface area contributed by atoms with E-state index in [9.17, 15) is 13.2 Å². The third-order valence-corrected chi connectivity index (χ3v) is 6.49. The van der Waals surface area contributed by atoms with Gasteiger partial charge in [-0.05, 0) is 54.9 Å². The predicted octanol–water partition coefficient (Wildman–Crippen LogP) is 7.59. The van der Waals surface area contributed by atoms with Gasteiger partial charge < -0.3 is 9.47 Å². The molecule has 6 heteroatoms. The van der Waals surface area contributed by atoms with Crippen LogP contribution in [0.2, 0.25) is 0 Å². The van der Waals surface area contributed by atoms with Crippen molar-refractivity contribution in [3.8, 4) is 11.1 Å². The van der Waals surface area contributed by atoms with Crippen LogP contribution in [0.15, 0.2) is 55.1 Å². The molecule has 1 aliphatic rings. The fraction of sp³-hybridized carbons (Fsp3) is 0.310. The van der Waals surface area contributed by atoms with E-state index in [1.165, 1.54) is 24.3 Å². The SMILES string of the molecule is C=Cc1ccc(CCc2ccc(-c3ccc(C4CCC(OCC)OC4)c(F)c3F)c(F)c2F)cc1. The Morgan fingerprint density at radius 2 is 1.54 bits per heavy atom. The first-order valence-electron chi connectivity index (χ1n) is 11.8. The first-order chi connectivity index (χ1) is 16.9. The minimum atomic E-state index is -1.19. The molecular weight excluding hydrogens is 456 g/mol. The summed E-state index contributed by atoms with van der Waals surface area (Å²) in [5, 5.41) is 0. The quantitative estimate of drug-likeness (QED) is 0.307. The van der Waals surface area contributed by atoms with Crippen LogP contribution in [0.3, 0.4) is 0 Å². The van der Waals surface area contributed by atoms with E-state index in [1.54, 1.807) is 6.08 Å². The molecule has 1 heterocycles. The van der Waals surface area contributed by atoms with Crippen molar-refractivity contribution >= 4 is 6.08 Å². The van der Waals surface area contributed by atoms with Crippen LogP contribution in [0.5, 0.6) is 0 Å². The molecule has 1 saturated heterocycles. The van der Waals surface area contributed by atoms with E-state index >= 15 is 4.39 Å². The van der Waals surface area contributed by atoms with Gasteiger partial charge in [0.15, 0.2) is 29.6 Å². The summed E-state index contributed by atoms with van der Waals surface area (Å²) in [4.78, 5) is 0. The van der Waals surface area contributed by atoms with Crippen LogP contribution >= 0.6 is 0 Å². The molecule has 3 aromatic carbocycles. The Balaban J connectivity index is 1.52. The van der Waals surface area contributed by atoms with Crippen LogP contribution in [0.1, 0.15) is 47.9 Å². The van der Waals surface area contributed by atoms with Gasteiger partial charge in [0.05, 0.1) is 6.61 Å². The lowest BCUT2D eigenvalue weighted by Gasteiger charge is -2.29. The van der Waals surface area contributed by atoms with Crippen molar-refractivity contribution in [1.82, 2.24) is 0 Å². The van der Waals surface area contributed by atoms with Crippen LogP contribution in [-0.4, -0.2) is 19.5 Å². The third-order valence-electron chi connectivity index (χ3n) is 6.49. The van der Waals surface area contributed by atoms with Gasteiger partial charge in [-0.15, -0.1) is 0 Å². The molecule has 1 fully saturated rings. The molecule has 3 aromatic rings. The highest BCUT2D eigenvalue weighted by Crippen LogP contribution is 2.36. The summed E-state index contributed by atoms with van der Waals surface area (Å²) >= 11 is 0. The van der Waals surface area contributed by atoms with Gasteiger partial charge in [0.25, 0.3) is 0 Å². The molecule has 184 valence electrons. The zero-order chi connectivity index (χ0) is 24.9. The minimum Gasteiger partial charge on any atom is -0.353 e.